The molecular weight excluding hydrogens is 260 g/mol. The lowest BCUT2D eigenvalue weighted by atomic mass is 10.2. The molecule has 0 saturated carbocycles. The second kappa shape index (κ2) is 10.4. The summed E-state index contributed by atoms with van der Waals surface area (Å²) in [6.45, 7) is 2.11. The highest BCUT2D eigenvalue weighted by Gasteiger charge is 1.94. The highest BCUT2D eigenvalue weighted by Crippen LogP contribution is 2.13. The first kappa shape index (κ1) is 15.6. The largest absolute Gasteiger partial charge is 0.385 e. The minimum Gasteiger partial charge on any atom is -0.385 e. The second-order valence-electron chi connectivity index (χ2n) is 4.12. The van der Waals surface area contributed by atoms with Crippen molar-refractivity contribution in [3.8, 4) is 0 Å². The molecule has 0 bridgehead atoms. The van der Waals surface area contributed by atoms with Crippen molar-refractivity contribution in [1.82, 2.24) is 0 Å². The van der Waals surface area contributed by atoms with Gasteiger partial charge in [-0.15, -0.1) is 0 Å². The van der Waals surface area contributed by atoms with Crippen LogP contribution in [0.2, 0.25) is 0 Å². The van der Waals surface area contributed by atoms with E-state index >= 15 is 0 Å². The summed E-state index contributed by atoms with van der Waals surface area (Å²) in [7, 11) is 0. The Labute approximate surface area is 120 Å². The van der Waals surface area contributed by atoms with Gasteiger partial charge in [-0.1, -0.05) is 0 Å². The van der Waals surface area contributed by atoms with Crippen molar-refractivity contribution in [2.24, 2.45) is 0 Å². The maximum atomic E-state index is 3.44. The van der Waals surface area contributed by atoms with E-state index < -0.39 is 0 Å². The fraction of sp³-hybridized carbons (Fsp3) is 0.571. The lowest BCUT2D eigenvalue weighted by Crippen LogP contribution is -2.04. The monoisotopic (exact) mass is 284 g/mol. The Hall–Kier alpha value is -0.480. The van der Waals surface area contributed by atoms with Crippen molar-refractivity contribution in [1.29, 1.82) is 0 Å². The molecule has 102 valence electrons. The van der Waals surface area contributed by atoms with E-state index in [1.54, 1.807) is 0 Å². The standard InChI is InChI=1S/C14H24N2S2/c1-17-11-3-9-15-13-5-7-14(8-6-13)16-10-4-12-18-2/h5-8,15-16H,3-4,9-12H2,1-2H3. The van der Waals surface area contributed by atoms with E-state index in [1.165, 1.54) is 35.7 Å². The molecule has 0 fully saturated rings. The van der Waals surface area contributed by atoms with Gasteiger partial charge in [0.05, 0.1) is 0 Å². The minimum atomic E-state index is 1.06. The van der Waals surface area contributed by atoms with Crippen LogP contribution in [0.4, 0.5) is 11.4 Å². The van der Waals surface area contributed by atoms with Gasteiger partial charge in [-0.05, 0) is 61.1 Å². The maximum absolute atomic E-state index is 3.44. The van der Waals surface area contributed by atoms with Crippen LogP contribution in [-0.4, -0.2) is 37.1 Å². The van der Waals surface area contributed by atoms with E-state index in [0.29, 0.717) is 0 Å². The van der Waals surface area contributed by atoms with Crippen molar-refractivity contribution in [3.05, 3.63) is 24.3 Å². The number of anilines is 2. The van der Waals surface area contributed by atoms with Gasteiger partial charge in [0, 0.05) is 24.5 Å². The van der Waals surface area contributed by atoms with Gasteiger partial charge in [-0.2, -0.15) is 23.5 Å². The van der Waals surface area contributed by atoms with E-state index in [4.69, 9.17) is 0 Å². The van der Waals surface area contributed by atoms with E-state index in [2.05, 4.69) is 47.4 Å². The van der Waals surface area contributed by atoms with Gasteiger partial charge in [0.25, 0.3) is 0 Å². The Kier molecular flexibility index (Phi) is 9.04. The molecule has 0 unspecified atom stereocenters. The summed E-state index contributed by atoms with van der Waals surface area (Å²) < 4.78 is 0. The lowest BCUT2D eigenvalue weighted by molar-refractivity contribution is 0.989. The van der Waals surface area contributed by atoms with Gasteiger partial charge in [0.1, 0.15) is 0 Å². The van der Waals surface area contributed by atoms with Crippen LogP contribution < -0.4 is 10.6 Å². The minimum absolute atomic E-state index is 1.06. The van der Waals surface area contributed by atoms with Crippen LogP contribution >= 0.6 is 23.5 Å². The van der Waals surface area contributed by atoms with Crippen LogP contribution in [0.15, 0.2) is 24.3 Å². The summed E-state index contributed by atoms with van der Waals surface area (Å²) in [5.74, 6) is 2.45. The summed E-state index contributed by atoms with van der Waals surface area (Å²) in [5.41, 5.74) is 2.43. The van der Waals surface area contributed by atoms with Crippen LogP contribution in [0.3, 0.4) is 0 Å². The van der Waals surface area contributed by atoms with Crippen LogP contribution in [0.1, 0.15) is 12.8 Å². The maximum Gasteiger partial charge on any atom is 0.0341 e. The summed E-state index contributed by atoms with van der Waals surface area (Å²) in [5, 5.41) is 6.88. The Balaban J connectivity index is 2.20. The van der Waals surface area contributed by atoms with Crippen LogP contribution in [0.5, 0.6) is 0 Å². The zero-order chi connectivity index (χ0) is 13.1. The van der Waals surface area contributed by atoms with Crippen LogP contribution in [0, 0.1) is 0 Å². The molecule has 18 heavy (non-hydrogen) atoms. The normalized spacial score (nSPS) is 10.3. The number of rotatable bonds is 10. The third-order valence-electron chi connectivity index (χ3n) is 2.59. The van der Waals surface area contributed by atoms with E-state index in [-0.39, 0.29) is 0 Å². The molecule has 0 radical (unpaired) electrons. The summed E-state index contributed by atoms with van der Waals surface area (Å²) in [4.78, 5) is 0. The molecule has 4 heteroatoms. The van der Waals surface area contributed by atoms with Gasteiger partial charge in [-0.25, -0.2) is 0 Å². The highest BCUT2D eigenvalue weighted by molar-refractivity contribution is 7.98. The second-order valence-corrected chi connectivity index (χ2v) is 6.09. The molecule has 0 amide bonds. The van der Waals surface area contributed by atoms with Crippen LogP contribution in [0.25, 0.3) is 0 Å². The molecule has 0 atom stereocenters. The third kappa shape index (κ3) is 7.07. The fourth-order valence-corrected chi connectivity index (χ4v) is 2.47. The number of hydrogen-bond acceptors (Lipinski definition) is 4. The fourth-order valence-electron chi connectivity index (χ4n) is 1.60. The van der Waals surface area contributed by atoms with Gasteiger partial charge < -0.3 is 10.6 Å². The predicted molar refractivity (Wildman–Crippen MR) is 89.4 cm³/mol. The zero-order valence-corrected chi connectivity index (χ0v) is 13.0. The molecule has 1 aromatic carbocycles. The number of nitrogens with one attached hydrogen (secondary N) is 2. The molecule has 0 aliphatic heterocycles. The first-order valence-corrected chi connectivity index (χ1v) is 9.21. The molecule has 0 saturated heterocycles. The Morgan fingerprint density at radius 3 is 1.50 bits per heavy atom. The molecule has 0 heterocycles. The van der Waals surface area contributed by atoms with Crippen molar-refractivity contribution in [2.45, 2.75) is 12.8 Å². The molecule has 1 rings (SSSR count). The molecule has 2 nitrogen and oxygen atoms in total. The smallest absolute Gasteiger partial charge is 0.0341 e. The molecule has 0 aromatic heterocycles. The molecule has 2 N–H and O–H groups in total. The van der Waals surface area contributed by atoms with Gasteiger partial charge in [-0.3, -0.25) is 0 Å². The zero-order valence-electron chi connectivity index (χ0n) is 11.4. The highest BCUT2D eigenvalue weighted by atomic mass is 32.2. The number of benzene rings is 1. The molecule has 0 aliphatic carbocycles. The quantitative estimate of drug-likeness (QED) is 0.634. The number of thioether (sulfide) groups is 2. The Bertz CT molecular complexity index is 270. The summed E-state index contributed by atoms with van der Waals surface area (Å²) in [6.07, 6.45) is 6.74. The van der Waals surface area contributed by atoms with E-state index in [9.17, 15) is 0 Å². The van der Waals surface area contributed by atoms with Crippen molar-refractivity contribution in [3.63, 3.8) is 0 Å². The third-order valence-corrected chi connectivity index (χ3v) is 3.99. The Morgan fingerprint density at radius 2 is 1.17 bits per heavy atom. The first-order valence-electron chi connectivity index (χ1n) is 6.42. The van der Waals surface area contributed by atoms with Crippen molar-refractivity contribution in [2.75, 3.05) is 47.7 Å². The van der Waals surface area contributed by atoms with Crippen LogP contribution in [-0.2, 0) is 0 Å². The first-order chi connectivity index (χ1) is 8.86. The number of hydrogen-bond donors (Lipinski definition) is 2. The van der Waals surface area contributed by atoms with Gasteiger partial charge in [0.2, 0.25) is 0 Å². The van der Waals surface area contributed by atoms with E-state index in [1.807, 2.05) is 23.5 Å². The topological polar surface area (TPSA) is 24.1 Å². The predicted octanol–water partition coefficient (Wildman–Crippen LogP) is 4.02. The van der Waals surface area contributed by atoms with Crippen molar-refractivity contribution < 1.29 is 0 Å². The Morgan fingerprint density at radius 1 is 0.778 bits per heavy atom. The average Bonchev–Trinajstić information content (AvgIpc) is 2.41. The summed E-state index contributed by atoms with van der Waals surface area (Å²) >= 11 is 3.80. The molecular formula is C14H24N2S2. The lowest BCUT2D eigenvalue weighted by Gasteiger charge is -2.09. The van der Waals surface area contributed by atoms with Gasteiger partial charge >= 0.3 is 0 Å². The molecule has 1 aromatic rings. The SMILES string of the molecule is CSCCCNc1ccc(NCCCSC)cc1. The van der Waals surface area contributed by atoms with Crippen molar-refractivity contribution >= 4 is 34.9 Å². The average molecular weight is 284 g/mol. The van der Waals surface area contributed by atoms with E-state index in [0.717, 1.165) is 13.1 Å². The molecule has 0 aliphatic rings. The van der Waals surface area contributed by atoms with Gasteiger partial charge in [0.15, 0.2) is 0 Å². The summed E-state index contributed by atoms with van der Waals surface area (Å²) in [6, 6.07) is 8.60. The molecule has 0 spiro atoms.